The molecule has 0 radical (unpaired) electrons. The average molecular weight is 429 g/mol. The van der Waals surface area contributed by atoms with Gasteiger partial charge >= 0.3 is 0 Å². The lowest BCUT2D eigenvalue weighted by Gasteiger charge is -2.03. The second-order valence-corrected chi connectivity index (χ2v) is 6.79. The van der Waals surface area contributed by atoms with Crippen LogP contribution in [0, 0.1) is 10.1 Å². The van der Waals surface area contributed by atoms with E-state index in [1.165, 1.54) is 29.1 Å². The molecule has 9 nitrogen and oxygen atoms in total. The first-order valence-electron chi connectivity index (χ1n) is 9.86. The monoisotopic (exact) mass is 429 g/mol. The molecule has 4 aromatic rings. The quantitative estimate of drug-likeness (QED) is 0.265. The van der Waals surface area contributed by atoms with Gasteiger partial charge in [-0.3, -0.25) is 14.9 Å². The molecule has 0 saturated carbocycles. The van der Waals surface area contributed by atoms with E-state index in [4.69, 9.17) is 4.74 Å². The molecular weight excluding hydrogens is 410 g/mol. The maximum Gasteiger partial charge on any atom is 0.270 e. The standard InChI is InChI=1S/C23H19N5O4/c1-2-32-20-10-8-18(9-11-20)27-25-21-12-7-17(15-22(21)26-27)24-23(29)13-6-16-4-3-5-19(14-16)28(30)31/h3-15H,2H2,1H3,(H,24,29)/b13-6+. The summed E-state index contributed by atoms with van der Waals surface area (Å²) in [5.74, 6) is 0.408. The molecule has 0 saturated heterocycles. The largest absolute Gasteiger partial charge is 0.494 e. The molecule has 160 valence electrons. The van der Waals surface area contributed by atoms with E-state index in [9.17, 15) is 14.9 Å². The summed E-state index contributed by atoms with van der Waals surface area (Å²) in [5.41, 5.74) is 3.18. The topological polar surface area (TPSA) is 112 Å². The number of fused-ring (bicyclic) bond motifs is 1. The second-order valence-electron chi connectivity index (χ2n) is 6.79. The van der Waals surface area contributed by atoms with Crippen LogP contribution in [0.2, 0.25) is 0 Å². The highest BCUT2D eigenvalue weighted by Crippen LogP contribution is 2.20. The number of nitro groups is 1. The Kier molecular flexibility index (Phi) is 5.89. The Balaban J connectivity index is 1.47. The normalized spacial score (nSPS) is 11.0. The summed E-state index contributed by atoms with van der Waals surface area (Å²) in [7, 11) is 0. The van der Waals surface area contributed by atoms with E-state index in [1.54, 1.807) is 30.3 Å². The van der Waals surface area contributed by atoms with Crippen LogP contribution in [0.15, 0.2) is 72.8 Å². The number of anilines is 1. The van der Waals surface area contributed by atoms with Gasteiger partial charge in [0.25, 0.3) is 5.69 Å². The summed E-state index contributed by atoms with van der Waals surface area (Å²) < 4.78 is 5.45. The van der Waals surface area contributed by atoms with E-state index in [1.807, 2.05) is 31.2 Å². The molecule has 4 rings (SSSR count). The summed E-state index contributed by atoms with van der Waals surface area (Å²) in [6, 6.07) is 18.7. The van der Waals surface area contributed by atoms with Gasteiger partial charge in [0.05, 0.1) is 17.2 Å². The van der Waals surface area contributed by atoms with Crippen LogP contribution in [0.3, 0.4) is 0 Å². The molecule has 0 bridgehead atoms. The lowest BCUT2D eigenvalue weighted by atomic mass is 10.2. The van der Waals surface area contributed by atoms with Gasteiger partial charge in [-0.25, -0.2) is 0 Å². The van der Waals surface area contributed by atoms with Crippen molar-refractivity contribution in [2.24, 2.45) is 0 Å². The van der Waals surface area contributed by atoms with Gasteiger partial charge in [-0.1, -0.05) is 12.1 Å². The van der Waals surface area contributed by atoms with Crippen molar-refractivity contribution in [2.75, 3.05) is 11.9 Å². The molecule has 3 aromatic carbocycles. The zero-order chi connectivity index (χ0) is 22.5. The highest BCUT2D eigenvalue weighted by atomic mass is 16.6. The molecule has 1 N–H and O–H groups in total. The molecule has 0 aliphatic rings. The summed E-state index contributed by atoms with van der Waals surface area (Å²) >= 11 is 0. The Morgan fingerprint density at radius 3 is 2.62 bits per heavy atom. The molecule has 0 aliphatic heterocycles. The van der Waals surface area contributed by atoms with Crippen molar-refractivity contribution in [1.29, 1.82) is 0 Å². The fourth-order valence-corrected chi connectivity index (χ4v) is 3.05. The van der Waals surface area contributed by atoms with Crippen molar-refractivity contribution in [3.05, 3.63) is 88.5 Å². The molecule has 32 heavy (non-hydrogen) atoms. The third kappa shape index (κ3) is 4.78. The SMILES string of the molecule is CCOc1ccc(-n2nc3ccc(NC(=O)/C=C/c4cccc([N+](=O)[O-])c4)cc3n2)cc1. The number of benzene rings is 3. The van der Waals surface area contributed by atoms with Crippen molar-refractivity contribution in [1.82, 2.24) is 15.0 Å². The summed E-state index contributed by atoms with van der Waals surface area (Å²) in [6.07, 6.45) is 2.84. The van der Waals surface area contributed by atoms with Crippen molar-refractivity contribution < 1.29 is 14.5 Å². The Bertz CT molecular complexity index is 1310. The number of hydrogen-bond acceptors (Lipinski definition) is 6. The van der Waals surface area contributed by atoms with E-state index in [0.717, 1.165) is 11.4 Å². The highest BCUT2D eigenvalue weighted by molar-refractivity contribution is 6.02. The van der Waals surface area contributed by atoms with E-state index in [-0.39, 0.29) is 11.6 Å². The summed E-state index contributed by atoms with van der Waals surface area (Å²) in [6.45, 7) is 2.52. The first kappa shape index (κ1) is 20.7. The fourth-order valence-electron chi connectivity index (χ4n) is 3.05. The number of ether oxygens (including phenoxy) is 1. The Morgan fingerprint density at radius 1 is 1.09 bits per heavy atom. The minimum Gasteiger partial charge on any atom is -0.494 e. The molecule has 1 heterocycles. The molecular formula is C23H19N5O4. The van der Waals surface area contributed by atoms with Gasteiger partial charge < -0.3 is 10.1 Å². The van der Waals surface area contributed by atoms with Crippen molar-refractivity contribution >= 4 is 34.4 Å². The molecule has 0 atom stereocenters. The molecule has 1 aromatic heterocycles. The molecule has 0 fully saturated rings. The van der Waals surface area contributed by atoms with Crippen LogP contribution in [0.25, 0.3) is 22.8 Å². The predicted octanol–water partition coefficient (Wildman–Crippen LogP) is 4.38. The minimum absolute atomic E-state index is 0.0337. The Morgan fingerprint density at radius 2 is 1.88 bits per heavy atom. The zero-order valence-corrected chi connectivity index (χ0v) is 17.1. The number of nitrogens with zero attached hydrogens (tertiary/aromatic N) is 4. The van der Waals surface area contributed by atoms with Crippen LogP contribution in [0.4, 0.5) is 11.4 Å². The van der Waals surface area contributed by atoms with E-state index in [2.05, 4.69) is 15.5 Å². The van der Waals surface area contributed by atoms with Crippen LogP contribution in [-0.4, -0.2) is 32.4 Å². The summed E-state index contributed by atoms with van der Waals surface area (Å²) in [4.78, 5) is 24.2. The number of nitro benzene ring substituents is 1. The highest BCUT2D eigenvalue weighted by Gasteiger charge is 2.08. The van der Waals surface area contributed by atoms with Gasteiger partial charge in [-0.05, 0) is 61.0 Å². The van der Waals surface area contributed by atoms with Gasteiger partial charge in [0.2, 0.25) is 5.91 Å². The van der Waals surface area contributed by atoms with Gasteiger partial charge in [-0.15, -0.1) is 10.2 Å². The maximum atomic E-state index is 12.3. The number of non-ortho nitro benzene ring substituents is 1. The lowest BCUT2D eigenvalue weighted by molar-refractivity contribution is -0.384. The predicted molar refractivity (Wildman–Crippen MR) is 121 cm³/mol. The fraction of sp³-hybridized carbons (Fsp3) is 0.0870. The van der Waals surface area contributed by atoms with E-state index >= 15 is 0 Å². The third-order valence-corrected chi connectivity index (χ3v) is 4.53. The second kappa shape index (κ2) is 9.09. The first-order chi connectivity index (χ1) is 15.5. The summed E-state index contributed by atoms with van der Waals surface area (Å²) in [5, 5.41) is 22.6. The Hall–Kier alpha value is -4.53. The van der Waals surface area contributed by atoms with Crippen LogP contribution < -0.4 is 10.1 Å². The number of amides is 1. The molecule has 0 aliphatic carbocycles. The van der Waals surface area contributed by atoms with Gasteiger partial charge in [0, 0.05) is 23.9 Å². The minimum atomic E-state index is -0.479. The lowest BCUT2D eigenvalue weighted by Crippen LogP contribution is -2.07. The number of carbonyl (C=O) groups is 1. The average Bonchev–Trinajstić information content (AvgIpc) is 3.22. The van der Waals surface area contributed by atoms with E-state index < -0.39 is 4.92 Å². The van der Waals surface area contributed by atoms with E-state index in [0.29, 0.717) is 28.9 Å². The van der Waals surface area contributed by atoms with Crippen molar-refractivity contribution in [2.45, 2.75) is 6.92 Å². The zero-order valence-electron chi connectivity index (χ0n) is 17.1. The third-order valence-electron chi connectivity index (χ3n) is 4.53. The van der Waals surface area contributed by atoms with Crippen LogP contribution in [-0.2, 0) is 4.79 Å². The number of aromatic nitrogens is 3. The molecule has 1 amide bonds. The number of rotatable bonds is 7. The maximum absolute atomic E-state index is 12.3. The number of nitrogens with one attached hydrogen (secondary N) is 1. The van der Waals surface area contributed by atoms with Crippen LogP contribution in [0.1, 0.15) is 12.5 Å². The number of hydrogen-bond donors (Lipinski definition) is 1. The number of carbonyl (C=O) groups excluding carboxylic acids is 1. The molecule has 0 unspecified atom stereocenters. The van der Waals surface area contributed by atoms with Crippen LogP contribution >= 0.6 is 0 Å². The first-order valence-corrected chi connectivity index (χ1v) is 9.86. The molecule has 9 heteroatoms. The van der Waals surface area contributed by atoms with Gasteiger partial charge in [0.1, 0.15) is 16.8 Å². The van der Waals surface area contributed by atoms with Crippen molar-refractivity contribution in [3.8, 4) is 11.4 Å². The molecule has 0 spiro atoms. The van der Waals surface area contributed by atoms with Crippen molar-refractivity contribution in [3.63, 3.8) is 0 Å². The van der Waals surface area contributed by atoms with Crippen LogP contribution in [0.5, 0.6) is 5.75 Å². The van der Waals surface area contributed by atoms with Gasteiger partial charge in [0.15, 0.2) is 0 Å². The smallest absolute Gasteiger partial charge is 0.270 e. The van der Waals surface area contributed by atoms with Gasteiger partial charge in [-0.2, -0.15) is 4.80 Å². The Labute approximate surface area is 183 Å².